The molecule has 1 fully saturated rings. The molecule has 1 saturated carbocycles. The summed E-state index contributed by atoms with van der Waals surface area (Å²) in [6, 6.07) is 13.1. The van der Waals surface area contributed by atoms with Gasteiger partial charge in [0.2, 0.25) is 0 Å². The van der Waals surface area contributed by atoms with Gasteiger partial charge in [0.1, 0.15) is 5.82 Å². The van der Waals surface area contributed by atoms with E-state index in [1.165, 1.54) is 12.1 Å². The van der Waals surface area contributed by atoms with Crippen LogP contribution in [0.2, 0.25) is 0 Å². The van der Waals surface area contributed by atoms with Crippen LogP contribution < -0.4 is 10.2 Å². The van der Waals surface area contributed by atoms with Crippen LogP contribution in [0.4, 0.5) is 10.1 Å². The van der Waals surface area contributed by atoms with Crippen molar-refractivity contribution in [2.75, 3.05) is 19.0 Å². The van der Waals surface area contributed by atoms with Gasteiger partial charge in [-0.3, -0.25) is 4.57 Å². The fourth-order valence-corrected chi connectivity index (χ4v) is 6.83. The summed E-state index contributed by atoms with van der Waals surface area (Å²) in [5.74, 6) is -1.08. The van der Waals surface area contributed by atoms with Crippen LogP contribution in [0, 0.1) is 23.6 Å². The van der Waals surface area contributed by atoms with Crippen LogP contribution >= 0.6 is 7.37 Å². The van der Waals surface area contributed by atoms with Crippen molar-refractivity contribution in [1.29, 1.82) is 0 Å². The molecule has 0 aliphatic heterocycles. The minimum absolute atomic E-state index is 0.00692. The van der Waals surface area contributed by atoms with Crippen molar-refractivity contribution in [3.8, 4) is 0 Å². The smallest absolute Gasteiger partial charge is 0.264 e. The van der Waals surface area contributed by atoms with Gasteiger partial charge in [0, 0.05) is 30.7 Å². The molecule has 1 N–H and O–H groups in total. The average molecular weight is 448 g/mol. The molecule has 5 atom stereocenters. The van der Waals surface area contributed by atoms with Gasteiger partial charge in [-0.25, -0.2) is 4.39 Å². The molecule has 0 amide bonds. The van der Waals surface area contributed by atoms with Crippen molar-refractivity contribution < 1.29 is 18.6 Å². The van der Waals surface area contributed by atoms with E-state index in [1.54, 1.807) is 24.3 Å². The molecule has 0 spiro atoms. The fraction of sp³-hybridized carbons (Fsp3) is 0.520. The van der Waals surface area contributed by atoms with Gasteiger partial charge in [0.25, 0.3) is 7.37 Å². The molecule has 0 heterocycles. The van der Waals surface area contributed by atoms with Crippen molar-refractivity contribution in [2.45, 2.75) is 52.0 Å². The Morgan fingerprint density at radius 3 is 2.32 bits per heavy atom. The van der Waals surface area contributed by atoms with E-state index < -0.39 is 19.0 Å². The minimum atomic E-state index is -3.84. The van der Waals surface area contributed by atoms with Crippen LogP contribution in [0.5, 0.6) is 0 Å². The van der Waals surface area contributed by atoms with Gasteiger partial charge in [-0.2, -0.15) is 0 Å². The lowest BCUT2D eigenvalue weighted by Gasteiger charge is -2.40. The Morgan fingerprint density at radius 2 is 1.74 bits per heavy atom. The predicted molar refractivity (Wildman–Crippen MR) is 126 cm³/mol. The lowest BCUT2D eigenvalue weighted by atomic mass is 9.75. The number of anilines is 1. The Balaban J connectivity index is 2.05. The molecule has 2 aromatic rings. The standard InChI is InChI=1S/C25H35FNO3P/c1-17(2)21-15-10-18(3)16-24(21)30-31(29,20-13-11-19(12-14-20)27(4)5)25(28)22-8-6-7-9-23(22)26/h6-9,11-14,17-18,21,24-25,28H,10,15-16H2,1-5H3/t18-,21-,24-,25+,31+/m1/s1. The normalized spacial score (nSPS) is 24.6. The maximum atomic E-state index is 14.6. The zero-order valence-corrected chi connectivity index (χ0v) is 20.1. The number of aliphatic hydroxyl groups is 1. The van der Waals surface area contributed by atoms with E-state index in [0.717, 1.165) is 24.9 Å². The summed E-state index contributed by atoms with van der Waals surface area (Å²) >= 11 is 0. The van der Waals surface area contributed by atoms with Crippen LogP contribution in [0.15, 0.2) is 48.5 Å². The number of halogens is 1. The summed E-state index contributed by atoms with van der Waals surface area (Å²) in [5.41, 5.74) is 0.953. The van der Waals surface area contributed by atoms with E-state index in [2.05, 4.69) is 20.8 Å². The van der Waals surface area contributed by atoms with E-state index in [-0.39, 0.29) is 17.6 Å². The van der Waals surface area contributed by atoms with Crippen molar-refractivity contribution in [1.82, 2.24) is 0 Å². The van der Waals surface area contributed by atoms with Crippen LogP contribution in [0.25, 0.3) is 0 Å². The average Bonchev–Trinajstić information content (AvgIpc) is 2.73. The second-order valence-corrected chi connectivity index (χ2v) is 11.8. The highest BCUT2D eigenvalue weighted by molar-refractivity contribution is 7.67. The molecule has 6 heteroatoms. The van der Waals surface area contributed by atoms with E-state index in [4.69, 9.17) is 4.52 Å². The Bertz CT molecular complexity index is 915. The van der Waals surface area contributed by atoms with E-state index in [0.29, 0.717) is 17.1 Å². The summed E-state index contributed by atoms with van der Waals surface area (Å²) in [7, 11) is 0.0164. The molecule has 3 rings (SSSR count). The molecule has 0 radical (unpaired) electrons. The third kappa shape index (κ3) is 5.22. The molecule has 1 aliphatic rings. The van der Waals surface area contributed by atoms with Crippen LogP contribution in [0.3, 0.4) is 0 Å². The Morgan fingerprint density at radius 1 is 1.10 bits per heavy atom. The summed E-state index contributed by atoms with van der Waals surface area (Å²) in [5, 5.41) is 11.6. The second kappa shape index (κ2) is 9.85. The molecule has 2 aromatic carbocycles. The fourth-order valence-electron chi connectivity index (χ4n) is 4.52. The second-order valence-electron chi connectivity index (χ2n) is 9.37. The Hall–Kier alpha value is -1.68. The number of hydrogen-bond donors (Lipinski definition) is 1. The Kier molecular flexibility index (Phi) is 7.62. The number of hydrogen-bond acceptors (Lipinski definition) is 4. The van der Waals surface area contributed by atoms with E-state index in [9.17, 15) is 14.1 Å². The highest BCUT2D eigenvalue weighted by Gasteiger charge is 2.43. The highest BCUT2D eigenvalue weighted by Crippen LogP contribution is 2.60. The molecule has 1 aliphatic carbocycles. The first kappa shape index (κ1) is 24.0. The van der Waals surface area contributed by atoms with Gasteiger partial charge in [0.05, 0.1) is 6.10 Å². The minimum Gasteiger partial charge on any atom is -0.378 e. The zero-order valence-electron chi connectivity index (χ0n) is 19.2. The van der Waals surface area contributed by atoms with Crippen LogP contribution in [-0.2, 0) is 9.09 Å². The molecule has 4 nitrogen and oxygen atoms in total. The topological polar surface area (TPSA) is 49.8 Å². The number of rotatable bonds is 7. The molecule has 0 bridgehead atoms. The molecule has 0 unspecified atom stereocenters. The van der Waals surface area contributed by atoms with Gasteiger partial charge in [-0.05, 0) is 60.9 Å². The number of benzene rings is 2. The van der Waals surface area contributed by atoms with Gasteiger partial charge in [0.15, 0.2) is 5.85 Å². The van der Waals surface area contributed by atoms with E-state index >= 15 is 0 Å². The molecule has 170 valence electrons. The predicted octanol–water partition coefficient (Wildman–Crippen LogP) is 5.96. The Labute approximate surface area is 185 Å². The molecule has 0 saturated heterocycles. The van der Waals surface area contributed by atoms with Gasteiger partial charge in [-0.1, -0.05) is 45.4 Å². The SMILES string of the molecule is CC(C)[C@H]1CC[C@@H](C)C[C@H]1O[P@@](=O)(c1ccc(N(C)C)cc1)[C@H](O)c1ccccc1F. The number of nitrogens with zero attached hydrogens (tertiary/aromatic N) is 1. The van der Waals surface area contributed by atoms with Crippen molar-refractivity contribution in [2.24, 2.45) is 17.8 Å². The van der Waals surface area contributed by atoms with Crippen molar-refractivity contribution >= 4 is 18.4 Å². The molecule has 0 aromatic heterocycles. The van der Waals surface area contributed by atoms with Crippen LogP contribution in [0.1, 0.15) is 51.4 Å². The van der Waals surface area contributed by atoms with E-state index in [1.807, 2.05) is 31.1 Å². The third-order valence-corrected chi connectivity index (χ3v) is 9.01. The van der Waals surface area contributed by atoms with Gasteiger partial charge >= 0.3 is 0 Å². The maximum Gasteiger partial charge on any atom is 0.264 e. The summed E-state index contributed by atoms with van der Waals surface area (Å²) < 4.78 is 35.4. The monoisotopic (exact) mass is 447 g/mol. The van der Waals surface area contributed by atoms with Crippen molar-refractivity contribution in [3.05, 3.63) is 59.9 Å². The summed E-state index contributed by atoms with van der Waals surface area (Å²) in [6.07, 6.45) is 2.65. The van der Waals surface area contributed by atoms with Crippen molar-refractivity contribution in [3.63, 3.8) is 0 Å². The van der Waals surface area contributed by atoms with Gasteiger partial charge < -0.3 is 14.5 Å². The number of aliphatic hydroxyl groups excluding tert-OH is 1. The summed E-state index contributed by atoms with van der Waals surface area (Å²) in [6.45, 7) is 6.49. The first-order valence-corrected chi connectivity index (χ1v) is 12.8. The zero-order chi connectivity index (χ0) is 22.8. The van der Waals surface area contributed by atoms with Gasteiger partial charge in [-0.15, -0.1) is 0 Å². The van der Waals surface area contributed by atoms with Crippen LogP contribution in [-0.4, -0.2) is 25.3 Å². The first-order chi connectivity index (χ1) is 14.6. The highest BCUT2D eigenvalue weighted by atomic mass is 31.2. The lowest BCUT2D eigenvalue weighted by molar-refractivity contribution is 0.0425. The molecular formula is C25H35FNO3P. The third-order valence-electron chi connectivity index (χ3n) is 6.48. The first-order valence-electron chi connectivity index (χ1n) is 11.1. The largest absolute Gasteiger partial charge is 0.378 e. The molecular weight excluding hydrogens is 412 g/mol. The summed E-state index contributed by atoms with van der Waals surface area (Å²) in [4.78, 5) is 1.94. The molecule has 31 heavy (non-hydrogen) atoms. The maximum absolute atomic E-state index is 14.6. The lowest BCUT2D eigenvalue weighted by Crippen LogP contribution is -2.35. The quantitative estimate of drug-likeness (QED) is 0.532.